The Morgan fingerprint density at radius 2 is 1.80 bits per heavy atom. The maximum atomic E-state index is 12.7. The van der Waals surface area contributed by atoms with E-state index in [0.29, 0.717) is 11.3 Å². The van der Waals surface area contributed by atoms with E-state index in [9.17, 15) is 23.3 Å². The molecular weight excluding hydrogens is 355 g/mol. The molecule has 0 saturated heterocycles. The van der Waals surface area contributed by atoms with E-state index in [1.807, 2.05) is 0 Å². The molecule has 2 aromatic rings. The average molecular weight is 369 g/mol. The van der Waals surface area contributed by atoms with Gasteiger partial charge in [-0.2, -0.15) is 13.2 Å². The molecule has 0 heterocycles. The minimum Gasteiger partial charge on any atom is -0.332 e. The Morgan fingerprint density at radius 1 is 1.12 bits per heavy atom. The number of halogens is 3. The topological polar surface area (TPSA) is 67.2 Å². The Balaban J connectivity index is 2.19. The van der Waals surface area contributed by atoms with Crippen molar-refractivity contribution in [1.29, 1.82) is 0 Å². The van der Waals surface area contributed by atoms with Crippen LogP contribution in [0.5, 0.6) is 0 Å². The maximum Gasteiger partial charge on any atom is 0.416 e. The van der Waals surface area contributed by atoms with Gasteiger partial charge in [0.25, 0.3) is 5.69 Å². The van der Waals surface area contributed by atoms with Crippen LogP contribution in [-0.2, 0) is 6.18 Å². The van der Waals surface area contributed by atoms with Gasteiger partial charge in [0.1, 0.15) is 0 Å². The molecule has 9 heteroatoms. The number of rotatable bonds is 3. The van der Waals surface area contributed by atoms with E-state index in [1.54, 1.807) is 19.9 Å². The molecule has 0 aromatic heterocycles. The number of anilines is 2. The van der Waals surface area contributed by atoms with Crippen molar-refractivity contribution < 1.29 is 18.1 Å². The predicted molar refractivity (Wildman–Crippen MR) is 93.9 cm³/mol. The standard InChI is InChI=1S/C16H14F3N3O2S/c1-9-6-10(2)14(22(23)24)8-13(9)21-15(25)20-12-5-3-4-11(7-12)16(17,18)19/h3-8H,1-2H3,(H2,20,21,25). The van der Waals surface area contributed by atoms with Gasteiger partial charge in [-0.1, -0.05) is 6.07 Å². The summed E-state index contributed by atoms with van der Waals surface area (Å²) in [6.45, 7) is 3.36. The highest BCUT2D eigenvalue weighted by Crippen LogP contribution is 2.31. The summed E-state index contributed by atoms with van der Waals surface area (Å²) in [5.74, 6) is 0. The third-order valence-corrected chi connectivity index (χ3v) is 3.64. The van der Waals surface area contributed by atoms with Gasteiger partial charge in [-0.15, -0.1) is 0 Å². The number of nitrogens with zero attached hydrogens (tertiary/aromatic N) is 1. The quantitative estimate of drug-likeness (QED) is 0.451. The fraction of sp³-hybridized carbons (Fsp3) is 0.188. The Hall–Kier alpha value is -2.68. The summed E-state index contributed by atoms with van der Waals surface area (Å²) < 4.78 is 38.2. The number of nitro benzene ring substituents is 1. The first-order chi connectivity index (χ1) is 11.6. The van der Waals surface area contributed by atoms with Crippen LogP contribution >= 0.6 is 12.2 Å². The summed E-state index contributed by atoms with van der Waals surface area (Å²) in [7, 11) is 0. The van der Waals surface area contributed by atoms with E-state index in [-0.39, 0.29) is 16.5 Å². The lowest BCUT2D eigenvalue weighted by molar-refractivity contribution is -0.385. The second kappa shape index (κ2) is 7.06. The average Bonchev–Trinajstić information content (AvgIpc) is 2.49. The summed E-state index contributed by atoms with van der Waals surface area (Å²) in [4.78, 5) is 10.5. The first-order valence-corrected chi connectivity index (χ1v) is 7.49. The van der Waals surface area contributed by atoms with E-state index in [0.717, 1.165) is 17.7 Å². The molecule has 0 aliphatic carbocycles. The van der Waals surface area contributed by atoms with E-state index in [4.69, 9.17) is 12.2 Å². The molecule has 2 rings (SSSR count). The summed E-state index contributed by atoms with van der Waals surface area (Å²) in [5, 5.41) is 16.5. The third-order valence-electron chi connectivity index (χ3n) is 3.44. The molecule has 25 heavy (non-hydrogen) atoms. The Morgan fingerprint density at radius 3 is 2.40 bits per heavy atom. The van der Waals surface area contributed by atoms with Crippen molar-refractivity contribution in [3.63, 3.8) is 0 Å². The molecule has 0 spiro atoms. The minimum absolute atomic E-state index is 0.0283. The second-order valence-electron chi connectivity index (χ2n) is 5.37. The second-order valence-corrected chi connectivity index (χ2v) is 5.78. The van der Waals surface area contributed by atoms with Gasteiger partial charge in [0.15, 0.2) is 5.11 Å². The van der Waals surface area contributed by atoms with Gasteiger partial charge in [-0.05, 0) is 55.9 Å². The van der Waals surface area contributed by atoms with Gasteiger partial charge >= 0.3 is 6.18 Å². The van der Waals surface area contributed by atoms with Crippen LogP contribution in [0, 0.1) is 24.0 Å². The van der Waals surface area contributed by atoms with Gasteiger partial charge in [-0.3, -0.25) is 10.1 Å². The number of aryl methyl sites for hydroxylation is 2. The van der Waals surface area contributed by atoms with Crippen molar-refractivity contribution in [2.24, 2.45) is 0 Å². The molecule has 0 bridgehead atoms. The molecule has 5 nitrogen and oxygen atoms in total. The normalized spacial score (nSPS) is 11.1. The van der Waals surface area contributed by atoms with Crippen molar-refractivity contribution in [2.45, 2.75) is 20.0 Å². The first-order valence-electron chi connectivity index (χ1n) is 7.09. The molecule has 0 radical (unpaired) electrons. The van der Waals surface area contributed by atoms with E-state index in [1.165, 1.54) is 18.2 Å². The van der Waals surface area contributed by atoms with Crippen LogP contribution in [0.1, 0.15) is 16.7 Å². The van der Waals surface area contributed by atoms with Gasteiger partial charge in [-0.25, -0.2) is 0 Å². The Bertz CT molecular complexity index is 838. The molecule has 0 atom stereocenters. The number of nitrogens with one attached hydrogen (secondary N) is 2. The first kappa shape index (κ1) is 18.7. The zero-order valence-corrected chi connectivity index (χ0v) is 14.1. The zero-order chi connectivity index (χ0) is 18.8. The molecule has 0 aliphatic heterocycles. The van der Waals surface area contributed by atoms with Crippen LogP contribution in [0.3, 0.4) is 0 Å². The van der Waals surface area contributed by atoms with Crippen LogP contribution in [0.25, 0.3) is 0 Å². The highest BCUT2D eigenvalue weighted by Gasteiger charge is 2.30. The van der Waals surface area contributed by atoms with Crippen LogP contribution in [0.2, 0.25) is 0 Å². The van der Waals surface area contributed by atoms with Crippen molar-refractivity contribution in [3.05, 3.63) is 63.2 Å². The molecule has 0 fully saturated rings. The van der Waals surface area contributed by atoms with Crippen molar-refractivity contribution in [2.75, 3.05) is 10.6 Å². The number of alkyl halides is 3. The lowest BCUT2D eigenvalue weighted by atomic mass is 10.1. The Kier molecular flexibility index (Phi) is 5.27. The summed E-state index contributed by atoms with van der Waals surface area (Å²) in [6, 6.07) is 7.55. The van der Waals surface area contributed by atoms with Crippen LogP contribution in [0.4, 0.5) is 30.2 Å². The number of hydrogen-bond acceptors (Lipinski definition) is 3. The number of nitro groups is 1. The lowest BCUT2D eigenvalue weighted by Crippen LogP contribution is -2.20. The molecule has 0 unspecified atom stereocenters. The van der Waals surface area contributed by atoms with Gasteiger partial charge in [0.05, 0.1) is 16.2 Å². The molecule has 132 valence electrons. The summed E-state index contributed by atoms with van der Waals surface area (Å²) >= 11 is 5.08. The fourth-order valence-electron chi connectivity index (χ4n) is 2.23. The molecule has 2 aromatic carbocycles. The lowest BCUT2D eigenvalue weighted by Gasteiger charge is -2.14. The molecule has 0 aliphatic rings. The maximum absolute atomic E-state index is 12.7. The van der Waals surface area contributed by atoms with Gasteiger partial charge in [0, 0.05) is 17.3 Å². The summed E-state index contributed by atoms with van der Waals surface area (Å²) in [5.41, 5.74) is 0.909. The zero-order valence-electron chi connectivity index (χ0n) is 13.3. The highest BCUT2D eigenvalue weighted by molar-refractivity contribution is 7.80. The van der Waals surface area contributed by atoms with Crippen molar-refractivity contribution >= 4 is 34.4 Å². The molecule has 2 N–H and O–H groups in total. The number of benzene rings is 2. The van der Waals surface area contributed by atoms with E-state index >= 15 is 0 Å². The van der Waals surface area contributed by atoms with Gasteiger partial charge in [0.2, 0.25) is 0 Å². The third kappa shape index (κ3) is 4.66. The minimum atomic E-state index is -4.46. The van der Waals surface area contributed by atoms with Crippen molar-refractivity contribution in [3.8, 4) is 0 Å². The smallest absolute Gasteiger partial charge is 0.332 e. The SMILES string of the molecule is Cc1cc(C)c([N+](=O)[O-])cc1NC(=S)Nc1cccc(C(F)(F)F)c1. The summed E-state index contributed by atoms with van der Waals surface area (Å²) in [6.07, 6.45) is -4.46. The van der Waals surface area contributed by atoms with Crippen LogP contribution in [-0.4, -0.2) is 10.0 Å². The largest absolute Gasteiger partial charge is 0.416 e. The van der Waals surface area contributed by atoms with Gasteiger partial charge < -0.3 is 10.6 Å². The number of thiocarbonyl (C=S) groups is 1. The van der Waals surface area contributed by atoms with E-state index < -0.39 is 16.7 Å². The van der Waals surface area contributed by atoms with Crippen LogP contribution in [0.15, 0.2) is 36.4 Å². The van der Waals surface area contributed by atoms with E-state index in [2.05, 4.69) is 10.6 Å². The molecule has 0 saturated carbocycles. The monoisotopic (exact) mass is 369 g/mol. The highest BCUT2D eigenvalue weighted by atomic mass is 32.1. The predicted octanol–water partition coefficient (Wildman–Crippen LogP) is 5.04. The Labute approximate surface area is 147 Å². The van der Waals surface area contributed by atoms with Crippen LogP contribution < -0.4 is 10.6 Å². The molecular formula is C16H14F3N3O2S. The number of hydrogen-bond donors (Lipinski definition) is 2. The van der Waals surface area contributed by atoms with Crippen molar-refractivity contribution in [1.82, 2.24) is 0 Å². The molecule has 0 amide bonds. The fourth-order valence-corrected chi connectivity index (χ4v) is 2.46.